The molecule has 0 saturated heterocycles. The Labute approximate surface area is 198 Å². The largest absolute Gasteiger partial charge is 0.466 e. The number of aromatic nitrogens is 1. The van der Waals surface area contributed by atoms with E-state index in [0.717, 1.165) is 25.3 Å². The van der Waals surface area contributed by atoms with Gasteiger partial charge in [-0.2, -0.15) is 5.26 Å². The molecule has 0 radical (unpaired) electrons. The van der Waals surface area contributed by atoms with Gasteiger partial charge in [0, 0.05) is 17.3 Å². The zero-order chi connectivity index (χ0) is 25.3. The van der Waals surface area contributed by atoms with E-state index in [-0.39, 0.29) is 39.1 Å². The van der Waals surface area contributed by atoms with E-state index >= 15 is 0 Å². The number of esters is 2. The first-order valence-corrected chi connectivity index (χ1v) is 10.3. The minimum Gasteiger partial charge on any atom is -0.466 e. The van der Waals surface area contributed by atoms with Crippen molar-refractivity contribution >= 4 is 28.4 Å². The van der Waals surface area contributed by atoms with Crippen molar-refractivity contribution in [1.29, 1.82) is 5.26 Å². The quantitative estimate of drug-likeness (QED) is 0.550. The molecule has 0 amide bonds. The van der Waals surface area contributed by atoms with E-state index in [1.807, 2.05) is 6.07 Å². The number of benzene rings is 2. The monoisotopic (exact) mass is 474 g/mol. The first-order chi connectivity index (χ1) is 16.8. The van der Waals surface area contributed by atoms with E-state index in [1.54, 1.807) is 30.3 Å². The molecule has 3 N–H and O–H groups in total. The van der Waals surface area contributed by atoms with Crippen molar-refractivity contribution in [2.24, 2.45) is 5.73 Å². The maximum atomic E-state index is 14.2. The van der Waals surface area contributed by atoms with Crippen molar-refractivity contribution in [3.05, 3.63) is 99.1 Å². The highest BCUT2D eigenvalue weighted by molar-refractivity contribution is 6.06. The average molecular weight is 474 g/mol. The summed E-state index contributed by atoms with van der Waals surface area (Å²) in [6, 6.07) is 14.6. The first kappa shape index (κ1) is 23.3. The van der Waals surface area contributed by atoms with E-state index in [4.69, 9.17) is 15.2 Å². The first-order valence-electron chi connectivity index (χ1n) is 10.3. The number of H-pyrrole nitrogens is 1. The summed E-state index contributed by atoms with van der Waals surface area (Å²) in [6.45, 7) is 0. The molecule has 9 nitrogen and oxygen atoms in total. The molecule has 1 aliphatic rings. The molecular weight excluding hydrogens is 455 g/mol. The number of allylic oxidation sites excluding steroid dienone is 1. The van der Waals surface area contributed by atoms with Crippen LogP contribution in [0.1, 0.15) is 11.5 Å². The number of halogens is 1. The lowest BCUT2D eigenvalue weighted by Crippen LogP contribution is -2.40. The number of anilines is 1. The number of hydrogen-bond acceptors (Lipinski definition) is 8. The fourth-order valence-electron chi connectivity index (χ4n) is 4.13. The molecule has 0 fully saturated rings. The van der Waals surface area contributed by atoms with Crippen LogP contribution in [0.5, 0.6) is 0 Å². The SMILES string of the molecule is COC(=O)C1=C(C(=O)OC)N(c2ccc3c(F)c[nH]c(=O)c3c2)C(N)=C(C#N)C1c1ccccc1. The number of nitrogens with zero attached hydrogens (tertiary/aromatic N) is 2. The smallest absolute Gasteiger partial charge is 0.355 e. The number of fused-ring (bicyclic) bond motifs is 1. The van der Waals surface area contributed by atoms with Gasteiger partial charge in [0.05, 0.1) is 42.7 Å². The van der Waals surface area contributed by atoms with Crippen molar-refractivity contribution in [3.63, 3.8) is 0 Å². The summed E-state index contributed by atoms with van der Waals surface area (Å²) in [4.78, 5) is 41.9. The molecule has 4 rings (SSSR count). The van der Waals surface area contributed by atoms with Crippen molar-refractivity contribution in [3.8, 4) is 6.07 Å². The summed E-state index contributed by atoms with van der Waals surface area (Å²) in [5.41, 5.74) is 5.99. The standard InChI is InChI=1S/C25H19FN4O5/c1-34-24(32)20-19(13-6-4-3-5-7-13)17(11-27)22(28)30(21(20)25(33)35-2)14-8-9-15-16(10-14)23(31)29-12-18(15)26/h3-10,12,19H,28H2,1-2H3,(H,29,31). The van der Waals surface area contributed by atoms with Gasteiger partial charge in [0.1, 0.15) is 17.3 Å². The molecule has 2 heterocycles. The number of nitriles is 1. The van der Waals surface area contributed by atoms with E-state index in [9.17, 15) is 24.0 Å². The third-order valence-electron chi connectivity index (χ3n) is 5.70. The zero-order valence-corrected chi connectivity index (χ0v) is 18.7. The second-order valence-corrected chi connectivity index (χ2v) is 7.53. The maximum absolute atomic E-state index is 14.2. The number of pyridine rings is 1. The Morgan fingerprint density at radius 3 is 2.40 bits per heavy atom. The third kappa shape index (κ3) is 3.79. The van der Waals surface area contributed by atoms with Gasteiger partial charge in [-0.3, -0.25) is 9.69 Å². The minimum atomic E-state index is -1.03. The van der Waals surface area contributed by atoms with Gasteiger partial charge in [0.2, 0.25) is 0 Å². The van der Waals surface area contributed by atoms with Crippen LogP contribution in [-0.4, -0.2) is 31.1 Å². The Kier molecular flexibility index (Phi) is 6.08. The van der Waals surface area contributed by atoms with Crippen molar-refractivity contribution in [1.82, 2.24) is 4.98 Å². The molecule has 1 aromatic heterocycles. The molecule has 0 bridgehead atoms. The second-order valence-electron chi connectivity index (χ2n) is 7.53. The van der Waals surface area contributed by atoms with E-state index < -0.39 is 29.2 Å². The van der Waals surface area contributed by atoms with Crippen molar-refractivity contribution < 1.29 is 23.5 Å². The number of ether oxygens (including phenoxy) is 2. The molecule has 0 saturated carbocycles. The zero-order valence-electron chi connectivity index (χ0n) is 18.7. The molecule has 1 aliphatic heterocycles. The summed E-state index contributed by atoms with van der Waals surface area (Å²) < 4.78 is 24.2. The molecule has 1 unspecified atom stereocenters. The van der Waals surface area contributed by atoms with Crippen LogP contribution in [0.4, 0.5) is 10.1 Å². The number of aromatic amines is 1. The van der Waals surface area contributed by atoms with Gasteiger partial charge in [0.15, 0.2) is 0 Å². The van der Waals surface area contributed by atoms with Gasteiger partial charge in [-0.1, -0.05) is 30.3 Å². The Morgan fingerprint density at radius 1 is 1.09 bits per heavy atom. The number of rotatable bonds is 4. The van der Waals surface area contributed by atoms with Crippen molar-refractivity contribution in [2.75, 3.05) is 19.1 Å². The van der Waals surface area contributed by atoms with Gasteiger partial charge < -0.3 is 20.2 Å². The molecule has 0 spiro atoms. The third-order valence-corrected chi connectivity index (χ3v) is 5.70. The van der Waals surface area contributed by atoms with E-state index in [1.165, 1.54) is 18.2 Å². The minimum absolute atomic E-state index is 0.0252. The Morgan fingerprint density at radius 2 is 1.77 bits per heavy atom. The van der Waals surface area contributed by atoms with Crippen LogP contribution in [0, 0.1) is 17.1 Å². The normalized spacial score (nSPS) is 15.7. The molecule has 0 aliphatic carbocycles. The van der Waals surface area contributed by atoms with Crippen LogP contribution >= 0.6 is 0 Å². The van der Waals surface area contributed by atoms with Gasteiger partial charge in [-0.25, -0.2) is 14.0 Å². The Hall–Kier alpha value is -4.91. The topological polar surface area (TPSA) is 139 Å². The van der Waals surface area contributed by atoms with Crippen LogP contribution in [0.3, 0.4) is 0 Å². The molecule has 35 heavy (non-hydrogen) atoms. The number of nitrogens with two attached hydrogens (primary N) is 1. The highest BCUT2D eigenvalue weighted by Gasteiger charge is 2.43. The lowest BCUT2D eigenvalue weighted by atomic mass is 9.81. The predicted molar refractivity (Wildman–Crippen MR) is 124 cm³/mol. The van der Waals surface area contributed by atoms with Crippen LogP contribution in [0.15, 0.2) is 82.2 Å². The number of hydrogen-bond donors (Lipinski definition) is 2. The van der Waals surface area contributed by atoms with Gasteiger partial charge in [-0.15, -0.1) is 0 Å². The maximum Gasteiger partial charge on any atom is 0.355 e. The average Bonchev–Trinajstić information content (AvgIpc) is 2.89. The molecule has 1 atom stereocenters. The summed E-state index contributed by atoms with van der Waals surface area (Å²) >= 11 is 0. The number of carbonyl (C=O) groups is 2. The lowest BCUT2D eigenvalue weighted by molar-refractivity contribution is -0.139. The Bertz CT molecular complexity index is 1520. The van der Waals surface area contributed by atoms with E-state index in [0.29, 0.717) is 5.56 Å². The number of nitrogens with one attached hydrogen (secondary N) is 1. The predicted octanol–water partition coefficient (Wildman–Crippen LogP) is 2.56. The Balaban J connectivity index is 2.09. The molecule has 176 valence electrons. The highest BCUT2D eigenvalue weighted by Crippen LogP contribution is 2.43. The molecule has 3 aromatic rings. The van der Waals surface area contributed by atoms with Gasteiger partial charge in [0.25, 0.3) is 5.56 Å². The van der Waals surface area contributed by atoms with Crippen molar-refractivity contribution in [2.45, 2.75) is 5.92 Å². The van der Waals surface area contributed by atoms with E-state index in [2.05, 4.69) is 4.98 Å². The summed E-state index contributed by atoms with van der Waals surface area (Å²) in [5, 5.41) is 10.1. The fraction of sp³-hybridized carbons (Fsp3) is 0.120. The van der Waals surface area contributed by atoms with Crippen LogP contribution in [0.25, 0.3) is 10.8 Å². The highest BCUT2D eigenvalue weighted by atomic mass is 19.1. The number of methoxy groups -OCH3 is 2. The summed E-state index contributed by atoms with van der Waals surface area (Å²) in [5.74, 6) is -3.66. The van der Waals surface area contributed by atoms with Crippen LogP contribution < -0.4 is 16.2 Å². The molecule has 2 aromatic carbocycles. The van der Waals surface area contributed by atoms with Crippen LogP contribution in [-0.2, 0) is 19.1 Å². The molecular formula is C25H19FN4O5. The lowest BCUT2D eigenvalue weighted by Gasteiger charge is -2.36. The van der Waals surface area contributed by atoms with Gasteiger partial charge in [-0.05, 0) is 23.8 Å². The summed E-state index contributed by atoms with van der Waals surface area (Å²) in [6.07, 6.45) is 0.937. The summed E-state index contributed by atoms with van der Waals surface area (Å²) in [7, 11) is 2.27. The van der Waals surface area contributed by atoms with Gasteiger partial charge >= 0.3 is 11.9 Å². The van der Waals surface area contributed by atoms with Crippen LogP contribution in [0.2, 0.25) is 0 Å². The number of carbonyl (C=O) groups excluding carboxylic acids is 2. The molecule has 10 heteroatoms. The second kappa shape index (κ2) is 9.15. The fourth-order valence-corrected chi connectivity index (χ4v) is 4.13.